The van der Waals surface area contributed by atoms with Crippen molar-refractivity contribution < 1.29 is 23.1 Å². The summed E-state index contributed by atoms with van der Waals surface area (Å²) >= 11 is 3.15. The molecular weight excluding hydrogens is 496 g/mol. The first-order valence-electron chi connectivity index (χ1n) is 10.9. The van der Waals surface area contributed by atoms with Crippen molar-refractivity contribution in [3.63, 3.8) is 0 Å². The van der Waals surface area contributed by atoms with Gasteiger partial charge in [0.05, 0.1) is 18.6 Å². The molecule has 6 nitrogen and oxygen atoms in total. The average Bonchev–Trinajstić information content (AvgIpc) is 2.80. The summed E-state index contributed by atoms with van der Waals surface area (Å²) < 4.78 is 32.5. The Bertz CT molecular complexity index is 995. The fraction of sp³-hybridized carbons (Fsp3) is 0.458. The largest absolute Gasteiger partial charge is 0.469 e. The number of carbonyl (C=O) groups excluding carboxylic acids is 2. The topological polar surface area (TPSA) is 71.5 Å². The number of rotatable bonds is 6. The van der Waals surface area contributed by atoms with E-state index in [1.807, 2.05) is 38.1 Å². The molecule has 1 heterocycles. The molecule has 33 heavy (non-hydrogen) atoms. The molecule has 1 aromatic heterocycles. The van der Waals surface area contributed by atoms with E-state index in [1.54, 1.807) is 4.90 Å². The van der Waals surface area contributed by atoms with E-state index >= 15 is 0 Å². The lowest BCUT2D eigenvalue weighted by molar-refractivity contribution is -0.146. The summed E-state index contributed by atoms with van der Waals surface area (Å²) in [5, 5.41) is 2.61. The third kappa shape index (κ3) is 5.88. The van der Waals surface area contributed by atoms with Crippen LogP contribution in [-0.2, 0) is 9.53 Å². The van der Waals surface area contributed by atoms with E-state index < -0.39 is 12.5 Å². The molecule has 2 aromatic rings. The van der Waals surface area contributed by atoms with Crippen LogP contribution in [0.2, 0.25) is 0 Å². The van der Waals surface area contributed by atoms with Crippen LogP contribution in [0.25, 0.3) is 0 Å². The number of methoxy groups -OCH3 is 1. The van der Waals surface area contributed by atoms with Crippen LogP contribution in [0.5, 0.6) is 0 Å². The number of urea groups is 1. The quantitative estimate of drug-likeness (QED) is 0.429. The molecule has 0 atom stereocenters. The van der Waals surface area contributed by atoms with Gasteiger partial charge in [0.25, 0.3) is 6.43 Å². The number of hydrogen-bond donors (Lipinski definition) is 1. The van der Waals surface area contributed by atoms with Crippen LogP contribution in [0, 0.1) is 5.92 Å². The van der Waals surface area contributed by atoms with Crippen molar-refractivity contribution in [2.75, 3.05) is 17.3 Å². The highest BCUT2D eigenvalue weighted by molar-refractivity contribution is 9.10. The van der Waals surface area contributed by atoms with E-state index in [9.17, 15) is 18.4 Å². The second kappa shape index (κ2) is 11.0. The molecule has 9 heteroatoms. The predicted octanol–water partition coefficient (Wildman–Crippen LogP) is 6.68. The molecule has 178 valence electrons. The number of alkyl halides is 2. The monoisotopic (exact) mass is 523 g/mol. The van der Waals surface area contributed by atoms with Gasteiger partial charge < -0.3 is 4.74 Å². The Morgan fingerprint density at radius 3 is 2.42 bits per heavy atom. The normalized spacial score (nSPS) is 18.3. The van der Waals surface area contributed by atoms with Gasteiger partial charge in [-0.2, -0.15) is 0 Å². The third-order valence-corrected chi connectivity index (χ3v) is 6.41. The lowest BCUT2D eigenvalue weighted by Gasteiger charge is -2.37. The average molecular weight is 524 g/mol. The lowest BCUT2D eigenvalue weighted by Crippen LogP contribution is -2.46. The summed E-state index contributed by atoms with van der Waals surface area (Å²) in [7, 11) is 1.37. The van der Waals surface area contributed by atoms with Gasteiger partial charge in [-0.1, -0.05) is 32.0 Å². The molecule has 0 radical (unpaired) electrons. The Morgan fingerprint density at radius 1 is 1.15 bits per heavy atom. The highest BCUT2D eigenvalue weighted by atomic mass is 79.9. The van der Waals surface area contributed by atoms with Crippen molar-refractivity contribution in [2.45, 2.75) is 57.9 Å². The van der Waals surface area contributed by atoms with E-state index in [2.05, 4.69) is 26.2 Å². The number of para-hydroxylation sites is 1. The Hall–Kier alpha value is -2.55. The van der Waals surface area contributed by atoms with Gasteiger partial charge in [0.2, 0.25) is 0 Å². The standard InChI is InChI=1S/C24H28BrF2N3O3/c1-14(2)18-6-4-5-7-20(18)30(17-10-8-15(9-11-17)23(31)33-3)24(32)29-22-19(21(26)27)12-16(25)13-28-22/h4-7,12-15,17,21H,8-11H2,1-3H3,(H,28,29,32). The number of esters is 1. The van der Waals surface area contributed by atoms with E-state index in [4.69, 9.17) is 4.74 Å². The molecule has 0 unspecified atom stereocenters. The van der Waals surface area contributed by atoms with Crippen LogP contribution in [-0.4, -0.2) is 30.1 Å². The molecule has 1 aliphatic rings. The van der Waals surface area contributed by atoms with Crippen molar-refractivity contribution in [2.24, 2.45) is 5.92 Å². The fourth-order valence-corrected chi connectivity index (χ4v) is 4.64. The third-order valence-electron chi connectivity index (χ3n) is 5.98. The number of benzene rings is 1. The number of anilines is 2. The first-order valence-corrected chi connectivity index (χ1v) is 11.7. The molecule has 2 amide bonds. The number of carbonyl (C=O) groups is 2. The van der Waals surface area contributed by atoms with Gasteiger partial charge in [-0.15, -0.1) is 0 Å². The number of hydrogen-bond acceptors (Lipinski definition) is 4. The molecule has 0 bridgehead atoms. The maximum atomic E-state index is 13.6. The number of amides is 2. The van der Waals surface area contributed by atoms with Crippen molar-refractivity contribution in [1.82, 2.24) is 4.98 Å². The molecule has 3 rings (SSSR count). The second-order valence-corrected chi connectivity index (χ2v) is 9.35. The molecule has 1 aliphatic carbocycles. The fourth-order valence-electron chi connectivity index (χ4n) is 4.29. The Morgan fingerprint density at radius 2 is 1.82 bits per heavy atom. The minimum atomic E-state index is -2.79. The van der Waals surface area contributed by atoms with Crippen molar-refractivity contribution >= 4 is 39.4 Å². The van der Waals surface area contributed by atoms with Crippen molar-refractivity contribution in [3.05, 3.63) is 52.1 Å². The highest BCUT2D eigenvalue weighted by Crippen LogP contribution is 2.36. The molecule has 1 N–H and O–H groups in total. The smallest absolute Gasteiger partial charge is 0.327 e. The molecule has 1 saturated carbocycles. The van der Waals surface area contributed by atoms with Gasteiger partial charge >= 0.3 is 12.0 Å². The van der Waals surface area contributed by atoms with Crippen LogP contribution in [0.4, 0.5) is 25.1 Å². The first-order chi connectivity index (χ1) is 15.7. The van der Waals surface area contributed by atoms with E-state index in [1.165, 1.54) is 19.4 Å². The Balaban J connectivity index is 1.95. The van der Waals surface area contributed by atoms with Crippen molar-refractivity contribution in [3.8, 4) is 0 Å². The van der Waals surface area contributed by atoms with Crippen LogP contribution in [0.1, 0.15) is 63.0 Å². The predicted molar refractivity (Wildman–Crippen MR) is 127 cm³/mol. The van der Waals surface area contributed by atoms with Crippen molar-refractivity contribution in [1.29, 1.82) is 0 Å². The molecule has 0 saturated heterocycles. The summed E-state index contributed by atoms with van der Waals surface area (Å²) in [6.07, 6.45) is 0.935. The summed E-state index contributed by atoms with van der Waals surface area (Å²) in [4.78, 5) is 31.2. The Labute approximate surface area is 200 Å². The second-order valence-electron chi connectivity index (χ2n) is 8.43. The van der Waals surface area contributed by atoms with E-state index in [0.29, 0.717) is 30.2 Å². The zero-order valence-corrected chi connectivity index (χ0v) is 20.4. The summed E-state index contributed by atoms with van der Waals surface area (Å²) in [6.45, 7) is 4.07. The minimum absolute atomic E-state index is 0.144. The number of pyridine rings is 1. The van der Waals surface area contributed by atoms with Gasteiger partial charge in [0.1, 0.15) is 5.82 Å². The minimum Gasteiger partial charge on any atom is -0.469 e. The van der Waals surface area contributed by atoms with Crippen LogP contribution in [0.15, 0.2) is 41.0 Å². The van der Waals surface area contributed by atoms with Crippen LogP contribution < -0.4 is 10.2 Å². The maximum Gasteiger partial charge on any atom is 0.327 e. The molecule has 0 aliphatic heterocycles. The summed E-state index contributed by atoms with van der Waals surface area (Å²) in [6, 6.07) is 8.12. The number of aromatic nitrogens is 1. The summed E-state index contributed by atoms with van der Waals surface area (Å²) in [5.74, 6) is -0.471. The molecule has 0 spiro atoms. The van der Waals surface area contributed by atoms with Gasteiger partial charge in [0.15, 0.2) is 0 Å². The number of halogens is 3. The maximum absolute atomic E-state index is 13.6. The lowest BCUT2D eigenvalue weighted by atomic mass is 9.85. The molecule has 1 aromatic carbocycles. The van der Waals surface area contributed by atoms with E-state index in [-0.39, 0.29) is 35.2 Å². The van der Waals surface area contributed by atoms with Crippen LogP contribution >= 0.6 is 15.9 Å². The SMILES string of the molecule is COC(=O)C1CCC(N(C(=O)Nc2ncc(Br)cc2C(F)F)c2ccccc2C(C)C)CC1. The first kappa shape index (κ1) is 25.1. The highest BCUT2D eigenvalue weighted by Gasteiger charge is 2.34. The van der Waals surface area contributed by atoms with Gasteiger partial charge in [-0.3, -0.25) is 15.0 Å². The summed E-state index contributed by atoms with van der Waals surface area (Å²) in [5.41, 5.74) is 1.34. The zero-order valence-electron chi connectivity index (χ0n) is 18.9. The Kier molecular flexibility index (Phi) is 8.40. The number of nitrogens with one attached hydrogen (secondary N) is 1. The van der Waals surface area contributed by atoms with Crippen LogP contribution in [0.3, 0.4) is 0 Å². The zero-order chi connectivity index (χ0) is 24.1. The van der Waals surface area contributed by atoms with E-state index in [0.717, 1.165) is 11.3 Å². The van der Waals surface area contributed by atoms with Gasteiger partial charge in [0, 0.05) is 22.4 Å². The number of ether oxygens (including phenoxy) is 1. The molecular formula is C24H28BrF2N3O3. The van der Waals surface area contributed by atoms with Gasteiger partial charge in [-0.05, 0) is 65.2 Å². The number of nitrogens with zero attached hydrogens (tertiary/aromatic N) is 2. The van der Waals surface area contributed by atoms with Gasteiger partial charge in [-0.25, -0.2) is 18.6 Å². The molecule has 1 fully saturated rings.